The van der Waals surface area contributed by atoms with Crippen molar-refractivity contribution in [3.05, 3.63) is 45.4 Å². The topological polar surface area (TPSA) is 95.6 Å². The molecular weight excluding hydrogens is 362 g/mol. The van der Waals surface area contributed by atoms with Gasteiger partial charge in [-0.2, -0.15) is 0 Å². The average Bonchev–Trinajstić information content (AvgIpc) is 2.91. The number of ketones is 1. The van der Waals surface area contributed by atoms with E-state index < -0.39 is 15.9 Å². The van der Waals surface area contributed by atoms with Crippen molar-refractivity contribution in [3.8, 4) is 0 Å². The number of amides is 1. The third-order valence-corrected chi connectivity index (χ3v) is 4.52. The Morgan fingerprint density at radius 3 is 2.74 bits per heavy atom. The summed E-state index contributed by atoms with van der Waals surface area (Å²) >= 11 is 6.99. The van der Waals surface area contributed by atoms with Gasteiger partial charge in [-0.3, -0.25) is 15.0 Å². The van der Waals surface area contributed by atoms with Gasteiger partial charge in [0.25, 0.3) is 5.91 Å². The van der Waals surface area contributed by atoms with Crippen LogP contribution in [0, 0.1) is 0 Å². The zero-order valence-corrected chi connectivity index (χ0v) is 14.5. The first kappa shape index (κ1) is 17.7. The minimum absolute atomic E-state index is 0.0592. The molecule has 1 amide bonds. The van der Waals surface area contributed by atoms with Crippen LogP contribution in [0.4, 0.5) is 0 Å². The largest absolute Gasteiger partial charge is 0.346 e. The summed E-state index contributed by atoms with van der Waals surface area (Å²) in [6.45, 7) is 0.0592. The molecule has 1 aromatic heterocycles. The van der Waals surface area contributed by atoms with Gasteiger partial charge in [-0.05, 0) is 18.6 Å². The van der Waals surface area contributed by atoms with Crippen LogP contribution < -0.4 is 10.3 Å². The van der Waals surface area contributed by atoms with Crippen LogP contribution in [0.3, 0.4) is 0 Å². The summed E-state index contributed by atoms with van der Waals surface area (Å²) in [5, 5.41) is 0. The lowest BCUT2D eigenvalue weighted by Crippen LogP contribution is -2.42. The number of hydrazine groups is 1. The van der Waals surface area contributed by atoms with E-state index in [1.165, 1.54) is 17.5 Å². The molecular formula is C13H14ClN3O4S2. The highest BCUT2D eigenvalue weighted by atomic mass is 35.5. The molecule has 23 heavy (non-hydrogen) atoms. The molecule has 0 unspecified atom stereocenters. The molecule has 124 valence electrons. The maximum atomic E-state index is 12.1. The maximum Gasteiger partial charge on any atom is 0.263 e. The Labute approximate surface area is 142 Å². The van der Waals surface area contributed by atoms with Crippen molar-refractivity contribution in [3.63, 3.8) is 0 Å². The fourth-order valence-corrected chi connectivity index (χ4v) is 3.04. The zero-order valence-electron chi connectivity index (χ0n) is 12.1. The first-order valence-electron chi connectivity index (χ1n) is 6.43. The van der Waals surface area contributed by atoms with Gasteiger partial charge in [-0.25, -0.2) is 8.42 Å². The van der Waals surface area contributed by atoms with E-state index in [1.54, 1.807) is 29.3 Å². The molecule has 1 aliphatic heterocycles. The van der Waals surface area contributed by atoms with E-state index in [0.717, 1.165) is 6.26 Å². The number of sulfonamides is 1. The van der Waals surface area contributed by atoms with Gasteiger partial charge in [-0.15, -0.1) is 16.2 Å². The highest BCUT2D eigenvalue weighted by Crippen LogP contribution is 2.22. The van der Waals surface area contributed by atoms with Crippen LogP contribution in [0.15, 0.2) is 36.2 Å². The molecule has 0 aromatic carbocycles. The Morgan fingerprint density at radius 2 is 2.13 bits per heavy atom. The Balaban J connectivity index is 1.99. The highest BCUT2D eigenvalue weighted by molar-refractivity contribution is 7.88. The fourth-order valence-electron chi connectivity index (χ4n) is 1.79. The Hall–Kier alpha value is -1.68. The molecule has 7 nitrogen and oxygen atoms in total. The predicted octanol–water partition coefficient (Wildman–Crippen LogP) is 1.27. The van der Waals surface area contributed by atoms with E-state index in [1.807, 2.05) is 4.83 Å². The minimum Gasteiger partial charge on any atom is -0.346 e. The first-order chi connectivity index (χ1) is 10.7. The van der Waals surface area contributed by atoms with Crippen molar-refractivity contribution in [2.45, 2.75) is 6.42 Å². The number of carbonyl (C=O) groups excluding carboxylic acids is 2. The maximum absolute atomic E-state index is 12.1. The first-order valence-corrected chi connectivity index (χ1v) is 9.52. The van der Waals surface area contributed by atoms with Gasteiger partial charge < -0.3 is 4.90 Å². The Bertz CT molecular complexity index is 783. The Kier molecular flexibility index (Phi) is 5.58. The molecule has 0 saturated heterocycles. The van der Waals surface area contributed by atoms with E-state index >= 15 is 0 Å². The van der Waals surface area contributed by atoms with Gasteiger partial charge in [0.05, 0.1) is 22.0 Å². The standard InChI is InChI=1S/C13H14ClN3O4S2/c1-23(20,21)16-15-13(19)9-3-2-6-17(7-9)8-10(18)11-4-5-12(14)22-11/h2,4-7,16H,3,8H2,1H3,(H,15,19). The lowest BCUT2D eigenvalue weighted by molar-refractivity contribution is -0.118. The smallest absolute Gasteiger partial charge is 0.263 e. The van der Waals surface area contributed by atoms with Crippen LogP contribution in [0.1, 0.15) is 16.1 Å². The summed E-state index contributed by atoms with van der Waals surface area (Å²) in [4.78, 5) is 28.0. The number of halogens is 1. The third-order valence-electron chi connectivity index (χ3n) is 2.77. The molecule has 0 radical (unpaired) electrons. The van der Waals surface area contributed by atoms with Gasteiger partial charge in [0.1, 0.15) is 0 Å². The number of hydrogen-bond acceptors (Lipinski definition) is 6. The molecule has 2 N–H and O–H groups in total. The molecule has 0 atom stereocenters. The molecule has 2 rings (SSSR count). The summed E-state index contributed by atoms with van der Waals surface area (Å²) in [5.41, 5.74) is 2.43. The summed E-state index contributed by atoms with van der Waals surface area (Å²) in [6, 6.07) is 3.30. The minimum atomic E-state index is -3.53. The van der Waals surface area contributed by atoms with Gasteiger partial charge in [0, 0.05) is 18.0 Å². The predicted molar refractivity (Wildman–Crippen MR) is 88.3 cm³/mol. The highest BCUT2D eigenvalue weighted by Gasteiger charge is 2.17. The SMILES string of the molecule is CS(=O)(=O)NNC(=O)C1=CN(CC(=O)c2ccc(Cl)s2)C=CC1. The van der Waals surface area contributed by atoms with E-state index in [4.69, 9.17) is 11.6 Å². The van der Waals surface area contributed by atoms with Crippen molar-refractivity contribution in [2.75, 3.05) is 12.8 Å². The number of nitrogens with one attached hydrogen (secondary N) is 2. The van der Waals surface area contributed by atoms with Crippen molar-refractivity contribution >= 4 is 44.7 Å². The van der Waals surface area contributed by atoms with Crippen molar-refractivity contribution in [1.82, 2.24) is 15.2 Å². The van der Waals surface area contributed by atoms with Crippen molar-refractivity contribution in [1.29, 1.82) is 0 Å². The molecule has 0 bridgehead atoms. The van der Waals surface area contributed by atoms with E-state index in [-0.39, 0.29) is 12.3 Å². The normalized spacial score (nSPS) is 14.5. The molecule has 0 saturated carbocycles. The summed E-state index contributed by atoms with van der Waals surface area (Å²) in [7, 11) is -3.53. The number of thiophene rings is 1. The molecule has 0 aliphatic carbocycles. The number of Topliss-reactive ketones (excluding diaryl/α,β-unsaturated/α-hetero) is 1. The van der Waals surface area contributed by atoms with Gasteiger partial charge in [-0.1, -0.05) is 17.7 Å². The second kappa shape index (κ2) is 7.26. The quantitative estimate of drug-likeness (QED) is 0.576. The summed E-state index contributed by atoms with van der Waals surface area (Å²) in [6.07, 6.45) is 6.18. The van der Waals surface area contributed by atoms with Crippen LogP contribution in [0.25, 0.3) is 0 Å². The molecule has 0 spiro atoms. The zero-order chi connectivity index (χ0) is 17.0. The summed E-state index contributed by atoms with van der Waals surface area (Å²) in [5.74, 6) is -0.699. The van der Waals surface area contributed by atoms with Gasteiger partial charge in [0.15, 0.2) is 5.78 Å². The fraction of sp³-hybridized carbons (Fsp3) is 0.231. The van der Waals surface area contributed by atoms with Crippen LogP contribution in [0.5, 0.6) is 0 Å². The van der Waals surface area contributed by atoms with Crippen LogP contribution in [-0.4, -0.2) is 37.8 Å². The molecule has 10 heteroatoms. The molecule has 0 fully saturated rings. The van der Waals surface area contributed by atoms with Crippen LogP contribution >= 0.6 is 22.9 Å². The van der Waals surface area contributed by atoms with Gasteiger partial charge in [0.2, 0.25) is 10.0 Å². The van der Waals surface area contributed by atoms with Crippen molar-refractivity contribution in [2.24, 2.45) is 0 Å². The second-order valence-electron chi connectivity index (χ2n) is 4.77. The third kappa shape index (κ3) is 5.47. The summed E-state index contributed by atoms with van der Waals surface area (Å²) < 4.78 is 22.5. The molecule has 1 aliphatic rings. The second-order valence-corrected chi connectivity index (χ2v) is 8.23. The number of nitrogens with zero attached hydrogens (tertiary/aromatic N) is 1. The van der Waals surface area contributed by atoms with Crippen LogP contribution in [-0.2, 0) is 14.8 Å². The lowest BCUT2D eigenvalue weighted by Gasteiger charge is -2.20. The van der Waals surface area contributed by atoms with Crippen LogP contribution in [0.2, 0.25) is 4.34 Å². The Morgan fingerprint density at radius 1 is 1.39 bits per heavy atom. The average molecular weight is 376 g/mol. The number of allylic oxidation sites excluding steroid dienone is 1. The number of hydrogen-bond donors (Lipinski definition) is 2. The molecule has 1 aromatic rings. The van der Waals surface area contributed by atoms with Crippen molar-refractivity contribution < 1.29 is 18.0 Å². The van der Waals surface area contributed by atoms with Gasteiger partial charge >= 0.3 is 0 Å². The van der Waals surface area contributed by atoms with E-state index in [2.05, 4.69) is 5.43 Å². The monoisotopic (exact) mass is 375 g/mol. The number of carbonyl (C=O) groups is 2. The number of rotatable bonds is 6. The lowest BCUT2D eigenvalue weighted by atomic mass is 10.1. The molecule has 2 heterocycles. The van der Waals surface area contributed by atoms with E-state index in [9.17, 15) is 18.0 Å². The van der Waals surface area contributed by atoms with E-state index in [0.29, 0.717) is 21.2 Å².